The van der Waals surface area contributed by atoms with Crippen LogP contribution in [0.4, 0.5) is 11.6 Å². The van der Waals surface area contributed by atoms with Gasteiger partial charge in [-0.05, 0) is 39.2 Å². The van der Waals surface area contributed by atoms with Gasteiger partial charge in [-0.25, -0.2) is 15.8 Å². The number of nitrogens with zero attached hydrogens (tertiary/aromatic N) is 2. The Morgan fingerprint density at radius 1 is 1.10 bits per heavy atom. The number of rotatable bonds is 6. The van der Waals surface area contributed by atoms with Crippen molar-refractivity contribution in [1.82, 2.24) is 9.97 Å². The minimum atomic E-state index is 0.323. The summed E-state index contributed by atoms with van der Waals surface area (Å²) in [6.07, 6.45) is 2.08. The number of hydrazine groups is 1. The predicted molar refractivity (Wildman–Crippen MR) is 87.2 cm³/mol. The number of aromatic nitrogens is 2. The van der Waals surface area contributed by atoms with Crippen molar-refractivity contribution in [1.29, 1.82) is 0 Å². The van der Waals surface area contributed by atoms with Crippen molar-refractivity contribution in [2.45, 2.75) is 39.7 Å². The van der Waals surface area contributed by atoms with Gasteiger partial charge in [-0.15, -0.1) is 0 Å². The fourth-order valence-corrected chi connectivity index (χ4v) is 2.24. The first-order valence-electron chi connectivity index (χ1n) is 7.22. The van der Waals surface area contributed by atoms with Gasteiger partial charge in [0.15, 0.2) is 0 Å². The second-order valence-electron chi connectivity index (χ2n) is 5.31. The summed E-state index contributed by atoms with van der Waals surface area (Å²) in [6, 6.07) is 10.8. The summed E-state index contributed by atoms with van der Waals surface area (Å²) in [4.78, 5) is 8.72. The molecule has 1 atom stereocenters. The number of anilines is 2. The number of aryl methyl sites for hydroxylation is 2. The summed E-state index contributed by atoms with van der Waals surface area (Å²) >= 11 is 0. The Labute approximate surface area is 126 Å². The molecule has 0 spiro atoms. The highest BCUT2D eigenvalue weighted by Gasteiger charge is 2.11. The highest BCUT2D eigenvalue weighted by Crippen LogP contribution is 2.20. The molecule has 0 radical (unpaired) electrons. The molecule has 0 aliphatic rings. The maximum atomic E-state index is 5.49. The summed E-state index contributed by atoms with van der Waals surface area (Å²) < 4.78 is 0. The van der Waals surface area contributed by atoms with Gasteiger partial charge in [0, 0.05) is 11.6 Å². The van der Waals surface area contributed by atoms with Crippen LogP contribution in [0.2, 0.25) is 0 Å². The van der Waals surface area contributed by atoms with Crippen LogP contribution >= 0.6 is 0 Å². The summed E-state index contributed by atoms with van der Waals surface area (Å²) in [5, 5.41) is 3.45. The van der Waals surface area contributed by atoms with E-state index in [4.69, 9.17) is 5.84 Å². The topological polar surface area (TPSA) is 75.9 Å². The molecule has 4 N–H and O–H groups in total. The molecule has 2 aromatic rings. The first kappa shape index (κ1) is 15.3. The fourth-order valence-electron chi connectivity index (χ4n) is 2.24. The average molecular weight is 285 g/mol. The summed E-state index contributed by atoms with van der Waals surface area (Å²) in [6.45, 7) is 5.98. The highest BCUT2D eigenvalue weighted by molar-refractivity contribution is 5.56. The first-order valence-corrected chi connectivity index (χ1v) is 7.22. The molecule has 5 nitrogen and oxygen atoms in total. The lowest BCUT2D eigenvalue weighted by Crippen LogP contribution is -2.20. The van der Waals surface area contributed by atoms with Crippen LogP contribution in [0.1, 0.15) is 30.3 Å². The van der Waals surface area contributed by atoms with Crippen LogP contribution in [0.3, 0.4) is 0 Å². The largest absolute Gasteiger partial charge is 0.367 e. The zero-order valence-corrected chi connectivity index (χ0v) is 12.9. The van der Waals surface area contributed by atoms with E-state index in [0.717, 1.165) is 24.2 Å². The van der Waals surface area contributed by atoms with Crippen LogP contribution in [0, 0.1) is 13.8 Å². The molecule has 0 saturated heterocycles. The van der Waals surface area contributed by atoms with Gasteiger partial charge in [0.1, 0.15) is 17.5 Å². The first-order chi connectivity index (χ1) is 10.1. The molecule has 0 fully saturated rings. The van der Waals surface area contributed by atoms with E-state index in [2.05, 4.69) is 51.9 Å². The third-order valence-electron chi connectivity index (χ3n) is 3.49. The molecule has 0 aliphatic carbocycles. The van der Waals surface area contributed by atoms with Gasteiger partial charge in [0.2, 0.25) is 0 Å². The second-order valence-corrected chi connectivity index (χ2v) is 5.31. The number of hydrogen-bond acceptors (Lipinski definition) is 5. The zero-order chi connectivity index (χ0) is 15.2. The van der Waals surface area contributed by atoms with Crippen LogP contribution in [0.25, 0.3) is 0 Å². The Kier molecular flexibility index (Phi) is 5.11. The van der Waals surface area contributed by atoms with E-state index < -0.39 is 0 Å². The molecule has 21 heavy (non-hydrogen) atoms. The molecule has 1 aromatic heterocycles. The third-order valence-corrected chi connectivity index (χ3v) is 3.49. The predicted octanol–water partition coefficient (Wildman–Crippen LogP) is 2.81. The van der Waals surface area contributed by atoms with Gasteiger partial charge in [-0.1, -0.05) is 30.3 Å². The fraction of sp³-hybridized carbons (Fsp3) is 0.375. The Bertz CT molecular complexity index is 583. The average Bonchev–Trinajstić information content (AvgIpc) is 2.49. The van der Waals surface area contributed by atoms with Gasteiger partial charge in [0.05, 0.1) is 0 Å². The highest BCUT2D eigenvalue weighted by atomic mass is 15.3. The molecular weight excluding hydrogens is 262 g/mol. The van der Waals surface area contributed by atoms with E-state index in [9.17, 15) is 0 Å². The number of nitrogens with one attached hydrogen (secondary N) is 2. The van der Waals surface area contributed by atoms with E-state index in [-0.39, 0.29) is 0 Å². The lowest BCUT2D eigenvalue weighted by Gasteiger charge is -2.18. The van der Waals surface area contributed by atoms with Gasteiger partial charge in [-0.3, -0.25) is 0 Å². The minimum Gasteiger partial charge on any atom is -0.367 e. The molecule has 1 aromatic carbocycles. The maximum absolute atomic E-state index is 5.49. The standard InChI is InChI=1S/C16H23N5/c1-11(9-10-14-7-5-4-6-8-14)18-15-12(2)16(21-17)20-13(3)19-15/h4-8,11H,9-10,17H2,1-3H3,(H2,18,19,20,21). The molecule has 1 unspecified atom stereocenters. The number of benzene rings is 1. The lowest BCUT2D eigenvalue weighted by molar-refractivity contribution is 0.701. The molecule has 5 heteroatoms. The normalized spacial score (nSPS) is 12.0. The maximum Gasteiger partial charge on any atom is 0.148 e. The summed E-state index contributed by atoms with van der Waals surface area (Å²) in [7, 11) is 0. The van der Waals surface area contributed by atoms with Crippen molar-refractivity contribution in [3.8, 4) is 0 Å². The van der Waals surface area contributed by atoms with E-state index in [1.165, 1.54) is 5.56 Å². The monoisotopic (exact) mass is 285 g/mol. The lowest BCUT2D eigenvalue weighted by atomic mass is 10.1. The zero-order valence-electron chi connectivity index (χ0n) is 12.9. The van der Waals surface area contributed by atoms with Crippen molar-refractivity contribution >= 4 is 11.6 Å². The quantitative estimate of drug-likeness (QED) is 0.562. The number of nitrogen functional groups attached to an aromatic ring is 1. The van der Waals surface area contributed by atoms with Crippen molar-refractivity contribution in [2.75, 3.05) is 10.7 Å². The Balaban J connectivity index is 1.99. The van der Waals surface area contributed by atoms with Crippen molar-refractivity contribution in [2.24, 2.45) is 5.84 Å². The van der Waals surface area contributed by atoms with E-state index >= 15 is 0 Å². The molecule has 112 valence electrons. The Morgan fingerprint density at radius 3 is 2.43 bits per heavy atom. The second kappa shape index (κ2) is 7.04. The van der Waals surface area contributed by atoms with Crippen LogP contribution in [0.15, 0.2) is 30.3 Å². The number of nitrogens with two attached hydrogens (primary N) is 1. The molecule has 0 bridgehead atoms. The van der Waals surface area contributed by atoms with Crippen LogP contribution < -0.4 is 16.6 Å². The van der Waals surface area contributed by atoms with E-state index in [0.29, 0.717) is 17.7 Å². The minimum absolute atomic E-state index is 0.323. The third kappa shape index (κ3) is 4.16. The summed E-state index contributed by atoms with van der Waals surface area (Å²) in [5.41, 5.74) is 4.91. The Morgan fingerprint density at radius 2 is 1.76 bits per heavy atom. The van der Waals surface area contributed by atoms with E-state index in [1.807, 2.05) is 19.9 Å². The van der Waals surface area contributed by atoms with Crippen molar-refractivity contribution in [3.63, 3.8) is 0 Å². The molecule has 0 aliphatic heterocycles. The van der Waals surface area contributed by atoms with Gasteiger partial charge >= 0.3 is 0 Å². The van der Waals surface area contributed by atoms with Crippen molar-refractivity contribution in [3.05, 3.63) is 47.3 Å². The molecule has 0 saturated carbocycles. The van der Waals surface area contributed by atoms with Crippen LogP contribution in [-0.2, 0) is 6.42 Å². The molecular formula is C16H23N5. The smallest absolute Gasteiger partial charge is 0.148 e. The molecule has 2 rings (SSSR count). The van der Waals surface area contributed by atoms with Crippen LogP contribution in [-0.4, -0.2) is 16.0 Å². The molecule has 0 amide bonds. The van der Waals surface area contributed by atoms with Gasteiger partial charge in [-0.2, -0.15) is 0 Å². The SMILES string of the molecule is Cc1nc(NN)c(C)c(NC(C)CCc2ccccc2)n1. The summed E-state index contributed by atoms with van der Waals surface area (Å²) in [5.74, 6) is 7.70. The number of hydrogen-bond donors (Lipinski definition) is 3. The van der Waals surface area contributed by atoms with Crippen LogP contribution in [0.5, 0.6) is 0 Å². The molecule has 1 heterocycles. The van der Waals surface area contributed by atoms with Gasteiger partial charge < -0.3 is 10.7 Å². The van der Waals surface area contributed by atoms with Crippen molar-refractivity contribution < 1.29 is 0 Å². The van der Waals surface area contributed by atoms with E-state index in [1.54, 1.807) is 0 Å². The van der Waals surface area contributed by atoms with Gasteiger partial charge in [0.25, 0.3) is 0 Å². The Hall–Kier alpha value is -2.14.